The molecular formula is C22H40O8Zr. The third-order valence-electron chi connectivity index (χ3n) is 4.45. The number of carbonyl (C=O) groups excluding carboxylic acids is 4. The second-order valence-electron chi connectivity index (χ2n) is 8.84. The number of rotatable bonds is 12. The van der Waals surface area contributed by atoms with Crippen molar-refractivity contribution in [1.82, 2.24) is 0 Å². The van der Waals surface area contributed by atoms with Crippen molar-refractivity contribution in [2.75, 3.05) is 0 Å². The minimum atomic E-state index is -1.29. The van der Waals surface area contributed by atoms with E-state index in [9.17, 15) is 29.4 Å². The van der Waals surface area contributed by atoms with Crippen LogP contribution in [0, 0.1) is 10.8 Å². The summed E-state index contributed by atoms with van der Waals surface area (Å²) in [5.74, 6) is -3.12. The van der Waals surface area contributed by atoms with Crippen LogP contribution in [0.15, 0.2) is 0 Å². The third-order valence-corrected chi connectivity index (χ3v) is 7.25. The summed E-state index contributed by atoms with van der Waals surface area (Å²) in [6, 6.07) is 0. The zero-order valence-corrected chi connectivity index (χ0v) is 23.2. The van der Waals surface area contributed by atoms with Crippen LogP contribution in [0.2, 0.25) is 0 Å². The molecule has 9 heteroatoms. The van der Waals surface area contributed by atoms with Crippen molar-refractivity contribution in [3.63, 3.8) is 0 Å². The number of ketones is 2. The van der Waals surface area contributed by atoms with Crippen molar-refractivity contribution >= 4 is 23.5 Å². The molecule has 0 amide bonds. The number of hydrogen-bond acceptors (Lipinski definition) is 8. The number of Topliss-reactive ketones (excluding diaryl/α,β-unsaturated/α-hetero) is 2. The van der Waals surface area contributed by atoms with E-state index in [2.05, 4.69) is 0 Å². The van der Waals surface area contributed by atoms with E-state index >= 15 is 0 Å². The number of aliphatic carboxylic acids is 2. The number of carboxylic acids is 2. The molecule has 0 radical (unpaired) electrons. The molecule has 0 atom stereocenters. The summed E-state index contributed by atoms with van der Waals surface area (Å²) < 4.78 is 10.6. The average molecular weight is 524 g/mol. The summed E-state index contributed by atoms with van der Waals surface area (Å²) in [6.45, 7) is 18.8. The maximum atomic E-state index is 11.1. The maximum Gasteiger partial charge on any atom is 0.144 e. The Balaban J connectivity index is -0.000000382. The van der Waals surface area contributed by atoms with E-state index in [1.807, 2.05) is 41.5 Å². The molecule has 0 aliphatic rings. The van der Waals surface area contributed by atoms with Crippen molar-refractivity contribution < 1.29 is 59.1 Å². The fourth-order valence-electron chi connectivity index (χ4n) is 1.36. The molecule has 0 rings (SSSR count). The van der Waals surface area contributed by atoms with Crippen LogP contribution in [0.4, 0.5) is 0 Å². The van der Waals surface area contributed by atoms with Crippen molar-refractivity contribution in [2.24, 2.45) is 10.8 Å². The molecule has 0 heterocycles. The van der Waals surface area contributed by atoms with E-state index in [1.165, 1.54) is 0 Å². The summed E-state index contributed by atoms with van der Waals surface area (Å²) in [5.41, 5.74) is -1.06. The molecule has 8 nitrogen and oxygen atoms in total. The Kier molecular flexibility index (Phi) is 19.7. The molecule has 0 aliphatic carbocycles. The van der Waals surface area contributed by atoms with Gasteiger partial charge in [0.05, 0.1) is 0 Å². The van der Waals surface area contributed by atoms with Crippen LogP contribution in [0.25, 0.3) is 0 Å². The topological polar surface area (TPSA) is 133 Å². The summed E-state index contributed by atoms with van der Waals surface area (Å²) in [5, 5.41) is 20.1. The van der Waals surface area contributed by atoms with Gasteiger partial charge < -0.3 is 19.8 Å². The summed E-state index contributed by atoms with van der Waals surface area (Å²) in [4.78, 5) is 42.3. The molecule has 0 saturated heterocycles. The van der Waals surface area contributed by atoms with Gasteiger partial charge in [-0.25, -0.2) is 0 Å². The standard InChI is InChI=1S/2C8H14O3.2C3H7O.Zr/c2*1-4-8(2,3)6(9)5-7(10)11;2*1-3(2)4;/h2*4-5H2,1-3H3,(H,10,11);2*3H,1-2H3;/q;;2*-1;+4/p-2. The quantitative estimate of drug-likeness (QED) is 0.355. The molecule has 0 aromatic heterocycles. The Morgan fingerprint density at radius 3 is 1.13 bits per heavy atom. The fraction of sp³-hybridized carbons (Fsp3) is 0.818. The summed E-state index contributed by atoms with van der Waals surface area (Å²) in [7, 11) is 0. The predicted molar refractivity (Wildman–Crippen MR) is 110 cm³/mol. The zero-order chi connectivity index (χ0) is 25.4. The van der Waals surface area contributed by atoms with E-state index in [4.69, 9.17) is 5.63 Å². The number of hydrogen-bond donors (Lipinski definition) is 0. The van der Waals surface area contributed by atoms with Crippen molar-refractivity contribution in [2.45, 2.75) is 107 Å². The molecule has 0 saturated carbocycles. The second kappa shape index (κ2) is 17.6. The van der Waals surface area contributed by atoms with Crippen LogP contribution in [0.1, 0.15) is 94.9 Å². The summed E-state index contributed by atoms with van der Waals surface area (Å²) in [6.07, 6.45) is 1.05. The van der Waals surface area contributed by atoms with Crippen LogP contribution in [-0.2, 0) is 48.9 Å². The van der Waals surface area contributed by atoms with Crippen LogP contribution in [0.5, 0.6) is 0 Å². The second-order valence-corrected chi connectivity index (χ2v) is 10.4. The molecule has 0 N–H and O–H groups in total. The smallest absolute Gasteiger partial charge is 0.144 e. The monoisotopic (exact) mass is 522 g/mol. The Hall–Kier alpha value is -0.917. The van der Waals surface area contributed by atoms with E-state index < -0.39 is 59.7 Å². The first kappa shape index (κ1) is 34.7. The molecular weight excluding hydrogens is 483 g/mol. The van der Waals surface area contributed by atoms with Gasteiger partial charge in [-0.15, -0.1) is 0 Å². The summed E-state index contributed by atoms with van der Waals surface area (Å²) >= 11 is -0.929. The van der Waals surface area contributed by atoms with E-state index in [1.54, 1.807) is 27.7 Å². The minimum Gasteiger partial charge on any atom is -0.550 e. The van der Waals surface area contributed by atoms with Gasteiger partial charge in [0, 0.05) is 35.6 Å². The number of carbonyl (C=O) groups is 4. The van der Waals surface area contributed by atoms with E-state index in [0.717, 1.165) is 0 Å². The normalized spacial score (nSPS) is 11.0. The first-order valence-corrected chi connectivity index (χ1v) is 12.5. The first-order valence-electron chi connectivity index (χ1n) is 10.4. The van der Waals surface area contributed by atoms with Crippen LogP contribution < -0.4 is 10.2 Å². The Labute approximate surface area is 200 Å². The molecule has 31 heavy (non-hydrogen) atoms. The largest absolute Gasteiger partial charge is 0.550 e. The van der Waals surface area contributed by atoms with Gasteiger partial charge in [0.2, 0.25) is 0 Å². The van der Waals surface area contributed by atoms with Gasteiger partial charge in [-0.05, 0) is 12.8 Å². The molecule has 0 spiro atoms. The predicted octanol–water partition coefficient (Wildman–Crippen LogP) is 2.01. The van der Waals surface area contributed by atoms with Crippen LogP contribution in [0.3, 0.4) is 0 Å². The van der Waals surface area contributed by atoms with Gasteiger partial charge in [0.25, 0.3) is 0 Å². The molecule has 0 unspecified atom stereocenters. The van der Waals surface area contributed by atoms with Gasteiger partial charge in [-0.3, -0.25) is 9.59 Å². The van der Waals surface area contributed by atoms with Gasteiger partial charge in [-0.2, -0.15) is 0 Å². The molecule has 0 fully saturated rings. The zero-order valence-electron chi connectivity index (χ0n) is 20.7. The van der Waals surface area contributed by atoms with E-state index in [0.29, 0.717) is 25.0 Å². The number of carboxylic acid groups (broad SMARTS) is 2. The van der Waals surface area contributed by atoms with E-state index in [-0.39, 0.29) is 11.6 Å². The van der Waals surface area contributed by atoms with Gasteiger partial charge in [0.15, 0.2) is 0 Å². The first-order chi connectivity index (χ1) is 13.9. The Morgan fingerprint density at radius 1 is 0.710 bits per heavy atom. The van der Waals surface area contributed by atoms with Gasteiger partial charge in [0.1, 0.15) is 11.6 Å². The SMILES string of the molecule is CC(C)[O][Zr+2][O]C(C)C.CCC(C)(C)C(=O)CC(=O)[O-].CCC(C)(C)C(=O)CC(=O)[O-]. The van der Waals surface area contributed by atoms with Crippen molar-refractivity contribution in [3.05, 3.63) is 0 Å². The molecule has 0 bridgehead atoms. The van der Waals surface area contributed by atoms with Crippen molar-refractivity contribution in [1.29, 1.82) is 0 Å². The minimum absolute atomic E-state index is 0.264. The maximum absolute atomic E-state index is 11.1. The third kappa shape index (κ3) is 22.1. The Bertz CT molecular complexity index is 506. The van der Waals surface area contributed by atoms with Gasteiger partial charge >= 0.3 is 69.6 Å². The average Bonchev–Trinajstić information content (AvgIpc) is 2.61. The van der Waals surface area contributed by atoms with Crippen LogP contribution in [-0.4, -0.2) is 35.7 Å². The fourth-order valence-corrected chi connectivity index (χ4v) is 2.44. The molecule has 0 aromatic carbocycles. The van der Waals surface area contributed by atoms with Crippen LogP contribution >= 0.6 is 0 Å². The molecule has 0 aromatic rings. The van der Waals surface area contributed by atoms with Gasteiger partial charge in [-0.1, -0.05) is 41.5 Å². The Morgan fingerprint density at radius 2 is 0.968 bits per heavy atom. The molecule has 0 aliphatic heterocycles. The van der Waals surface area contributed by atoms with Crippen molar-refractivity contribution in [3.8, 4) is 0 Å². The molecule has 180 valence electrons.